The van der Waals surface area contributed by atoms with Crippen LogP contribution in [0.15, 0.2) is 12.7 Å². The van der Waals surface area contributed by atoms with Crippen LogP contribution in [-0.4, -0.2) is 34.9 Å². The molecule has 92 valence electrons. The topological polar surface area (TPSA) is 83.8 Å². The van der Waals surface area contributed by atoms with Gasteiger partial charge in [0, 0.05) is 0 Å². The number of unbranched alkanes of at least 4 members (excludes halogenated alkanes) is 3. The number of aliphatic hydroxyl groups excluding tert-OH is 1. The Morgan fingerprint density at radius 2 is 2.00 bits per heavy atom. The largest absolute Gasteiger partial charge is 0.481 e. The predicted octanol–water partition coefficient (Wildman–Crippen LogP) is 1.11. The van der Waals surface area contributed by atoms with E-state index in [2.05, 4.69) is 6.58 Å². The Morgan fingerprint density at radius 3 is 2.56 bits per heavy atom. The minimum atomic E-state index is -1.56. The summed E-state index contributed by atoms with van der Waals surface area (Å²) in [5.41, 5.74) is 0. The van der Waals surface area contributed by atoms with E-state index in [1.807, 2.05) is 6.08 Å². The van der Waals surface area contributed by atoms with Crippen molar-refractivity contribution in [1.29, 1.82) is 0 Å². The molecule has 0 aromatic carbocycles. The van der Waals surface area contributed by atoms with Crippen molar-refractivity contribution in [3.63, 3.8) is 0 Å². The van der Waals surface area contributed by atoms with Crippen LogP contribution in [0.2, 0.25) is 0 Å². The second kappa shape index (κ2) is 8.91. The first-order valence-electron chi connectivity index (χ1n) is 5.25. The molecule has 0 spiro atoms. The molecule has 0 aliphatic carbocycles. The third-order valence-electron chi connectivity index (χ3n) is 1.94. The summed E-state index contributed by atoms with van der Waals surface area (Å²) in [6.07, 6.45) is 3.17. The van der Waals surface area contributed by atoms with Crippen molar-refractivity contribution in [1.82, 2.24) is 0 Å². The highest BCUT2D eigenvalue weighted by Gasteiger charge is 2.19. The average Bonchev–Trinajstić information content (AvgIpc) is 2.21. The first kappa shape index (κ1) is 14.6. The first-order chi connectivity index (χ1) is 7.57. The van der Waals surface area contributed by atoms with Gasteiger partial charge in [-0.15, -0.1) is 6.58 Å². The smallest absolute Gasteiger partial charge is 0.335 e. The van der Waals surface area contributed by atoms with Crippen LogP contribution in [0.3, 0.4) is 0 Å². The zero-order valence-corrected chi connectivity index (χ0v) is 9.22. The number of aliphatic carboxylic acids is 1. The number of rotatable bonds is 9. The number of hydrogen-bond acceptors (Lipinski definition) is 4. The molecule has 0 rings (SSSR count). The summed E-state index contributed by atoms with van der Waals surface area (Å²) in [7, 11) is 0. The van der Waals surface area contributed by atoms with E-state index in [0.717, 1.165) is 19.3 Å². The minimum Gasteiger partial charge on any atom is -0.481 e. The van der Waals surface area contributed by atoms with Gasteiger partial charge in [-0.2, -0.15) is 0 Å². The van der Waals surface area contributed by atoms with Gasteiger partial charge < -0.3 is 14.9 Å². The Balaban J connectivity index is 3.49. The number of carboxylic acid groups (broad SMARTS) is 1. The molecule has 5 nitrogen and oxygen atoms in total. The lowest BCUT2D eigenvalue weighted by molar-refractivity contribution is -0.158. The molecule has 0 fully saturated rings. The highest BCUT2D eigenvalue weighted by Crippen LogP contribution is 2.02. The Hall–Kier alpha value is -1.36. The summed E-state index contributed by atoms with van der Waals surface area (Å²) in [5, 5.41) is 17.4. The zero-order valence-electron chi connectivity index (χ0n) is 9.22. The van der Waals surface area contributed by atoms with Gasteiger partial charge >= 0.3 is 11.9 Å². The third kappa shape index (κ3) is 7.99. The molecule has 0 aromatic heterocycles. The maximum Gasteiger partial charge on any atom is 0.335 e. The van der Waals surface area contributed by atoms with E-state index >= 15 is 0 Å². The lowest BCUT2D eigenvalue weighted by atomic mass is 10.2. The summed E-state index contributed by atoms with van der Waals surface area (Å²) >= 11 is 0. The Morgan fingerprint density at radius 1 is 1.31 bits per heavy atom. The molecule has 0 saturated carbocycles. The SMILES string of the molecule is C=CCCCCCOC(=O)C(O)CC(=O)O. The number of carboxylic acids is 1. The highest BCUT2D eigenvalue weighted by atomic mass is 16.5. The number of esters is 1. The predicted molar refractivity (Wildman–Crippen MR) is 57.9 cm³/mol. The molecule has 0 saturated heterocycles. The molecule has 0 bridgehead atoms. The lowest BCUT2D eigenvalue weighted by Gasteiger charge is -2.08. The quantitative estimate of drug-likeness (QED) is 0.352. The molecule has 16 heavy (non-hydrogen) atoms. The standard InChI is InChI=1S/C11H18O5/c1-2-3-4-5-6-7-16-11(15)9(12)8-10(13)14/h2,9,12H,1,3-8H2,(H,13,14). The van der Waals surface area contributed by atoms with Gasteiger partial charge in [0.05, 0.1) is 13.0 Å². The summed E-state index contributed by atoms with van der Waals surface area (Å²) < 4.78 is 4.71. The zero-order chi connectivity index (χ0) is 12.4. The molecule has 0 aliphatic rings. The highest BCUT2D eigenvalue weighted by molar-refractivity contribution is 5.80. The maximum atomic E-state index is 11.0. The molecule has 0 aromatic rings. The molecular formula is C11H18O5. The maximum absolute atomic E-state index is 11.0. The van der Waals surface area contributed by atoms with E-state index < -0.39 is 24.5 Å². The normalized spacial score (nSPS) is 11.8. The van der Waals surface area contributed by atoms with Crippen LogP contribution < -0.4 is 0 Å². The van der Waals surface area contributed by atoms with Crippen molar-refractivity contribution in [2.45, 2.75) is 38.2 Å². The van der Waals surface area contributed by atoms with Crippen LogP contribution in [0.25, 0.3) is 0 Å². The molecule has 1 atom stereocenters. The van der Waals surface area contributed by atoms with Crippen LogP contribution in [0.5, 0.6) is 0 Å². The third-order valence-corrected chi connectivity index (χ3v) is 1.94. The van der Waals surface area contributed by atoms with Crippen molar-refractivity contribution in [3.05, 3.63) is 12.7 Å². The van der Waals surface area contributed by atoms with E-state index in [1.165, 1.54) is 0 Å². The van der Waals surface area contributed by atoms with Crippen molar-refractivity contribution in [3.8, 4) is 0 Å². The molecule has 1 unspecified atom stereocenters. The molecule has 0 aliphatic heterocycles. The summed E-state index contributed by atoms with van der Waals surface area (Å²) in [6, 6.07) is 0. The number of carbonyl (C=O) groups excluding carboxylic acids is 1. The van der Waals surface area contributed by atoms with E-state index in [9.17, 15) is 9.59 Å². The van der Waals surface area contributed by atoms with Crippen LogP contribution in [0.1, 0.15) is 32.1 Å². The van der Waals surface area contributed by atoms with E-state index in [1.54, 1.807) is 0 Å². The van der Waals surface area contributed by atoms with Crippen molar-refractivity contribution < 1.29 is 24.5 Å². The van der Waals surface area contributed by atoms with E-state index in [-0.39, 0.29) is 6.61 Å². The summed E-state index contributed by atoms with van der Waals surface area (Å²) in [6.45, 7) is 3.80. The van der Waals surface area contributed by atoms with Crippen molar-refractivity contribution in [2.75, 3.05) is 6.61 Å². The summed E-state index contributed by atoms with van der Waals surface area (Å²) in [4.78, 5) is 21.2. The number of aliphatic hydroxyl groups is 1. The van der Waals surface area contributed by atoms with Crippen LogP contribution >= 0.6 is 0 Å². The average molecular weight is 230 g/mol. The van der Waals surface area contributed by atoms with Crippen LogP contribution in [-0.2, 0) is 14.3 Å². The second-order valence-electron chi connectivity index (χ2n) is 3.42. The molecule has 0 amide bonds. The fraction of sp³-hybridized carbons (Fsp3) is 0.636. The van der Waals surface area contributed by atoms with Crippen molar-refractivity contribution >= 4 is 11.9 Å². The number of ether oxygens (including phenoxy) is 1. The van der Waals surface area contributed by atoms with Gasteiger partial charge in [0.2, 0.25) is 0 Å². The van der Waals surface area contributed by atoms with Gasteiger partial charge in [-0.05, 0) is 25.7 Å². The Bertz CT molecular complexity index is 237. The molecule has 2 N–H and O–H groups in total. The van der Waals surface area contributed by atoms with Crippen LogP contribution in [0.4, 0.5) is 0 Å². The van der Waals surface area contributed by atoms with Gasteiger partial charge in [0.15, 0.2) is 6.10 Å². The number of allylic oxidation sites excluding steroid dienone is 1. The summed E-state index contributed by atoms with van der Waals surface area (Å²) in [5.74, 6) is -2.10. The molecule has 5 heteroatoms. The van der Waals surface area contributed by atoms with E-state index in [0.29, 0.717) is 6.42 Å². The Labute approximate surface area is 94.7 Å². The number of carbonyl (C=O) groups is 2. The minimum absolute atomic E-state index is 0.215. The molecule has 0 heterocycles. The molecule has 0 radical (unpaired) electrons. The fourth-order valence-corrected chi connectivity index (χ4v) is 1.09. The Kier molecular flexibility index (Phi) is 8.15. The molecular weight excluding hydrogens is 212 g/mol. The second-order valence-corrected chi connectivity index (χ2v) is 3.42. The number of hydrogen-bond donors (Lipinski definition) is 2. The van der Waals surface area contributed by atoms with Gasteiger partial charge in [-0.3, -0.25) is 4.79 Å². The first-order valence-corrected chi connectivity index (χ1v) is 5.25. The van der Waals surface area contributed by atoms with Gasteiger partial charge in [0.1, 0.15) is 0 Å². The lowest BCUT2D eigenvalue weighted by Crippen LogP contribution is -2.26. The van der Waals surface area contributed by atoms with Crippen LogP contribution in [0, 0.1) is 0 Å². The van der Waals surface area contributed by atoms with Crippen molar-refractivity contribution in [2.24, 2.45) is 0 Å². The van der Waals surface area contributed by atoms with Gasteiger partial charge in [-0.25, -0.2) is 4.79 Å². The monoisotopic (exact) mass is 230 g/mol. The fourth-order valence-electron chi connectivity index (χ4n) is 1.09. The van der Waals surface area contributed by atoms with Gasteiger partial charge in [0.25, 0.3) is 0 Å². The van der Waals surface area contributed by atoms with E-state index in [4.69, 9.17) is 14.9 Å². The van der Waals surface area contributed by atoms with Gasteiger partial charge in [-0.1, -0.05) is 6.08 Å².